The number of rotatable bonds is 0. The summed E-state index contributed by atoms with van der Waals surface area (Å²) in [5.74, 6) is 0. The number of anilines is 1. The van der Waals surface area contributed by atoms with E-state index >= 15 is 0 Å². The second kappa shape index (κ2) is 3.23. The molecule has 2 rings (SSSR count). The molecule has 0 saturated carbocycles. The fraction of sp³-hybridized carbons (Fsp3) is 0.364. The van der Waals surface area contributed by atoms with Crippen molar-refractivity contribution in [1.29, 1.82) is 0 Å². The minimum absolute atomic E-state index is 0.0274. The van der Waals surface area contributed by atoms with E-state index in [1.165, 1.54) is 0 Å². The van der Waals surface area contributed by atoms with Crippen LogP contribution in [0, 0.1) is 0 Å². The van der Waals surface area contributed by atoms with Crippen molar-refractivity contribution in [3.8, 4) is 0 Å². The third-order valence-electron chi connectivity index (χ3n) is 2.29. The molecule has 2 aromatic rings. The number of aromatic nitrogens is 2. The number of imidazole rings is 1. The van der Waals surface area contributed by atoms with Crippen LogP contribution in [0.15, 0.2) is 22.9 Å². The van der Waals surface area contributed by atoms with E-state index in [1.54, 1.807) is 0 Å². The monoisotopic (exact) mass is 267 g/mol. The highest BCUT2D eigenvalue weighted by molar-refractivity contribution is 9.10. The first-order valence-corrected chi connectivity index (χ1v) is 5.62. The van der Waals surface area contributed by atoms with E-state index in [0.717, 1.165) is 21.6 Å². The number of hydrogen-bond donors (Lipinski definition) is 1. The number of nitrogens with two attached hydrogens (primary N) is 1. The van der Waals surface area contributed by atoms with E-state index in [1.807, 2.05) is 22.7 Å². The normalized spacial score (nSPS) is 12.3. The Morgan fingerprint density at radius 1 is 1.33 bits per heavy atom. The smallest absolute Gasteiger partial charge is 0.138 e. The molecule has 0 atom stereocenters. The Hall–Kier alpha value is -1.03. The summed E-state index contributed by atoms with van der Waals surface area (Å²) in [6.07, 6.45) is 1.88. The second-order valence-electron chi connectivity index (χ2n) is 4.69. The maximum Gasteiger partial charge on any atom is 0.138 e. The predicted octanol–water partition coefficient (Wildman–Crippen LogP) is 2.98. The third-order valence-corrected chi connectivity index (χ3v) is 3.05. The number of fused-ring (bicyclic) bond motifs is 1. The molecule has 2 aromatic heterocycles. The summed E-state index contributed by atoms with van der Waals surface area (Å²) in [6, 6.07) is 3.79. The summed E-state index contributed by atoms with van der Waals surface area (Å²) in [5, 5.41) is 0. The van der Waals surface area contributed by atoms with E-state index in [0.29, 0.717) is 0 Å². The van der Waals surface area contributed by atoms with E-state index in [-0.39, 0.29) is 5.41 Å². The van der Waals surface area contributed by atoms with Crippen molar-refractivity contribution in [3.05, 3.63) is 28.6 Å². The number of nitrogen functional groups attached to an aromatic ring is 1. The van der Waals surface area contributed by atoms with Crippen molar-refractivity contribution >= 4 is 27.3 Å². The van der Waals surface area contributed by atoms with Gasteiger partial charge in [0.25, 0.3) is 0 Å². The van der Waals surface area contributed by atoms with Crippen molar-refractivity contribution in [3.63, 3.8) is 0 Å². The summed E-state index contributed by atoms with van der Waals surface area (Å²) >= 11 is 3.57. The molecule has 0 aliphatic heterocycles. The lowest BCUT2D eigenvalue weighted by Gasteiger charge is -2.15. The zero-order valence-corrected chi connectivity index (χ0v) is 10.7. The molecular weight excluding hydrogens is 254 g/mol. The lowest BCUT2D eigenvalue weighted by molar-refractivity contribution is 0.569. The number of nitrogens with zero attached hydrogens (tertiary/aromatic N) is 2. The van der Waals surface area contributed by atoms with E-state index in [4.69, 9.17) is 5.73 Å². The number of pyridine rings is 1. The second-order valence-corrected chi connectivity index (χ2v) is 5.44. The molecule has 0 bridgehead atoms. The molecule has 4 heteroatoms. The van der Waals surface area contributed by atoms with Crippen LogP contribution in [0.1, 0.15) is 26.5 Å². The summed E-state index contributed by atoms with van der Waals surface area (Å²) in [6.45, 7) is 6.43. The maximum absolute atomic E-state index is 5.74. The molecule has 0 amide bonds. The van der Waals surface area contributed by atoms with Gasteiger partial charge in [0.2, 0.25) is 0 Å². The van der Waals surface area contributed by atoms with Crippen LogP contribution in [-0.2, 0) is 5.41 Å². The SMILES string of the molecule is CC(C)(C)c1nc2ccc(N)cn2c1Br. The molecule has 15 heavy (non-hydrogen) atoms. The summed E-state index contributed by atoms with van der Waals surface area (Å²) in [4.78, 5) is 4.59. The van der Waals surface area contributed by atoms with Gasteiger partial charge in [0.1, 0.15) is 10.3 Å². The highest BCUT2D eigenvalue weighted by atomic mass is 79.9. The lowest BCUT2D eigenvalue weighted by atomic mass is 9.93. The molecule has 0 aliphatic rings. The summed E-state index contributed by atoms with van der Waals surface area (Å²) in [7, 11) is 0. The average Bonchev–Trinajstić information content (AvgIpc) is 2.43. The lowest BCUT2D eigenvalue weighted by Crippen LogP contribution is -2.12. The minimum Gasteiger partial charge on any atom is -0.398 e. The van der Waals surface area contributed by atoms with Crippen molar-refractivity contribution in [2.24, 2.45) is 0 Å². The number of hydrogen-bond acceptors (Lipinski definition) is 2. The summed E-state index contributed by atoms with van der Waals surface area (Å²) < 4.78 is 2.95. The van der Waals surface area contributed by atoms with Gasteiger partial charge in [-0.2, -0.15) is 0 Å². The van der Waals surface area contributed by atoms with Gasteiger partial charge in [-0.25, -0.2) is 4.98 Å². The van der Waals surface area contributed by atoms with Gasteiger partial charge in [0.05, 0.1) is 5.69 Å². The number of halogens is 1. The third kappa shape index (κ3) is 1.74. The van der Waals surface area contributed by atoms with Crippen LogP contribution >= 0.6 is 15.9 Å². The Morgan fingerprint density at radius 2 is 2.00 bits per heavy atom. The molecule has 0 unspecified atom stereocenters. The Kier molecular flexibility index (Phi) is 2.26. The molecule has 0 aromatic carbocycles. The van der Waals surface area contributed by atoms with Gasteiger partial charge in [0, 0.05) is 17.3 Å². The van der Waals surface area contributed by atoms with Gasteiger partial charge in [-0.05, 0) is 28.1 Å². The zero-order valence-electron chi connectivity index (χ0n) is 9.08. The Morgan fingerprint density at radius 3 is 2.60 bits per heavy atom. The van der Waals surface area contributed by atoms with Gasteiger partial charge in [-0.3, -0.25) is 4.40 Å². The Bertz CT molecular complexity index is 508. The molecule has 0 spiro atoms. The first-order chi connectivity index (χ1) is 6.89. The van der Waals surface area contributed by atoms with Gasteiger partial charge >= 0.3 is 0 Å². The standard InChI is InChI=1S/C11H14BrN3/c1-11(2,3)9-10(12)15-6-7(13)4-5-8(15)14-9/h4-6H,13H2,1-3H3. The van der Waals surface area contributed by atoms with Gasteiger partial charge < -0.3 is 5.73 Å². The maximum atomic E-state index is 5.74. The molecule has 2 N–H and O–H groups in total. The zero-order chi connectivity index (χ0) is 11.2. The topological polar surface area (TPSA) is 43.3 Å². The van der Waals surface area contributed by atoms with Crippen molar-refractivity contribution < 1.29 is 0 Å². The minimum atomic E-state index is 0.0274. The van der Waals surface area contributed by atoms with Gasteiger partial charge in [0.15, 0.2) is 0 Å². The van der Waals surface area contributed by atoms with Crippen LogP contribution in [0.25, 0.3) is 5.65 Å². The van der Waals surface area contributed by atoms with Gasteiger partial charge in [-0.15, -0.1) is 0 Å². The van der Waals surface area contributed by atoms with Crippen LogP contribution < -0.4 is 5.73 Å². The van der Waals surface area contributed by atoms with Crippen molar-refractivity contribution in [2.75, 3.05) is 5.73 Å². The summed E-state index contributed by atoms with van der Waals surface area (Å²) in [5.41, 5.74) is 8.47. The van der Waals surface area contributed by atoms with E-state index in [2.05, 4.69) is 41.7 Å². The van der Waals surface area contributed by atoms with Crippen molar-refractivity contribution in [2.45, 2.75) is 26.2 Å². The van der Waals surface area contributed by atoms with Crippen LogP contribution in [-0.4, -0.2) is 9.38 Å². The fourth-order valence-electron chi connectivity index (χ4n) is 1.51. The first kappa shape index (κ1) is 10.5. The predicted molar refractivity (Wildman–Crippen MR) is 66.0 cm³/mol. The largest absolute Gasteiger partial charge is 0.398 e. The Balaban J connectivity index is 2.76. The van der Waals surface area contributed by atoms with Gasteiger partial charge in [-0.1, -0.05) is 20.8 Å². The highest BCUT2D eigenvalue weighted by Gasteiger charge is 2.22. The molecule has 0 radical (unpaired) electrons. The van der Waals surface area contributed by atoms with E-state index in [9.17, 15) is 0 Å². The van der Waals surface area contributed by atoms with Crippen LogP contribution in [0.3, 0.4) is 0 Å². The molecule has 80 valence electrons. The fourth-order valence-corrected chi connectivity index (χ4v) is 2.48. The molecule has 0 aliphatic carbocycles. The molecule has 2 heterocycles. The average molecular weight is 268 g/mol. The molecular formula is C11H14BrN3. The first-order valence-electron chi connectivity index (χ1n) is 4.83. The van der Waals surface area contributed by atoms with E-state index < -0.39 is 0 Å². The Labute approximate surface area is 97.4 Å². The van der Waals surface area contributed by atoms with Crippen LogP contribution in [0.5, 0.6) is 0 Å². The molecule has 0 saturated heterocycles. The highest BCUT2D eigenvalue weighted by Crippen LogP contribution is 2.30. The van der Waals surface area contributed by atoms with Crippen molar-refractivity contribution in [1.82, 2.24) is 9.38 Å². The van der Waals surface area contributed by atoms with Crippen LogP contribution in [0.4, 0.5) is 5.69 Å². The van der Waals surface area contributed by atoms with Crippen LogP contribution in [0.2, 0.25) is 0 Å². The molecule has 0 fully saturated rings. The quantitative estimate of drug-likeness (QED) is 0.798. The molecule has 3 nitrogen and oxygen atoms in total.